The molecule has 0 aromatic rings. The van der Waals surface area contributed by atoms with E-state index in [1.807, 2.05) is 0 Å². The lowest BCUT2D eigenvalue weighted by molar-refractivity contribution is -0.162. The third-order valence-electron chi connectivity index (χ3n) is 2.79. The number of unbranched alkanes of at least 4 members (excludes halogenated alkanes) is 3. The van der Waals surface area contributed by atoms with E-state index >= 15 is 0 Å². The van der Waals surface area contributed by atoms with Gasteiger partial charge in [-0.05, 0) is 32.1 Å². The van der Waals surface area contributed by atoms with Crippen molar-refractivity contribution in [3.63, 3.8) is 0 Å². The van der Waals surface area contributed by atoms with Crippen molar-refractivity contribution in [2.75, 3.05) is 19.8 Å². The minimum atomic E-state index is 0.0467. The molecule has 0 aromatic heterocycles. The molecule has 5 nitrogen and oxygen atoms in total. The zero-order valence-corrected chi connectivity index (χ0v) is 10.6. The normalized spacial score (nSPS) is 20.1. The molecule has 0 saturated carbocycles. The number of hydrogen-bond donors (Lipinski definition) is 2. The van der Waals surface area contributed by atoms with Gasteiger partial charge in [0.2, 0.25) is 0 Å². The Bertz CT molecular complexity index is 212. The van der Waals surface area contributed by atoms with E-state index in [1.54, 1.807) is 0 Å². The number of ether oxygens (including phenoxy) is 2. The average Bonchev–Trinajstić information content (AvgIpc) is 2.33. The fourth-order valence-corrected chi connectivity index (χ4v) is 1.83. The highest BCUT2D eigenvalue weighted by Crippen LogP contribution is 2.14. The van der Waals surface area contributed by atoms with E-state index < -0.39 is 0 Å². The van der Waals surface area contributed by atoms with Crippen LogP contribution in [-0.2, 0) is 9.47 Å². The average molecular weight is 243 g/mol. The number of aliphatic imine (C=N–C) groups is 1. The van der Waals surface area contributed by atoms with Crippen LogP contribution in [0.15, 0.2) is 4.99 Å². The van der Waals surface area contributed by atoms with Crippen molar-refractivity contribution >= 4 is 5.96 Å². The van der Waals surface area contributed by atoms with Crippen LogP contribution in [0.2, 0.25) is 0 Å². The summed E-state index contributed by atoms with van der Waals surface area (Å²) in [4.78, 5) is 3.94. The van der Waals surface area contributed by atoms with Crippen molar-refractivity contribution in [1.29, 1.82) is 0 Å². The van der Waals surface area contributed by atoms with Gasteiger partial charge in [-0.25, -0.2) is 0 Å². The molecular weight excluding hydrogens is 218 g/mol. The molecular formula is C12H25N3O2. The number of nitrogens with two attached hydrogens (primary N) is 2. The highest BCUT2D eigenvalue weighted by molar-refractivity contribution is 5.75. The summed E-state index contributed by atoms with van der Waals surface area (Å²) in [6.07, 6.45) is 7.92. The van der Waals surface area contributed by atoms with Crippen molar-refractivity contribution in [1.82, 2.24) is 0 Å². The molecule has 0 aromatic carbocycles. The predicted octanol–water partition coefficient (Wildman–Crippen LogP) is 1.36. The van der Waals surface area contributed by atoms with Gasteiger partial charge in [-0.3, -0.25) is 4.99 Å². The Morgan fingerprint density at radius 3 is 2.71 bits per heavy atom. The van der Waals surface area contributed by atoms with E-state index in [-0.39, 0.29) is 12.2 Å². The largest absolute Gasteiger partial charge is 0.370 e. The fraction of sp³-hybridized carbons (Fsp3) is 0.917. The lowest BCUT2D eigenvalue weighted by atomic mass is 10.2. The molecule has 100 valence electrons. The van der Waals surface area contributed by atoms with Crippen LogP contribution >= 0.6 is 0 Å². The zero-order chi connectivity index (χ0) is 12.3. The van der Waals surface area contributed by atoms with Gasteiger partial charge in [0.15, 0.2) is 12.2 Å². The Morgan fingerprint density at radius 2 is 2.00 bits per heavy atom. The zero-order valence-electron chi connectivity index (χ0n) is 10.6. The molecule has 17 heavy (non-hydrogen) atoms. The van der Waals surface area contributed by atoms with Crippen LogP contribution in [0.4, 0.5) is 0 Å². The van der Waals surface area contributed by atoms with Crippen molar-refractivity contribution < 1.29 is 9.47 Å². The summed E-state index contributed by atoms with van der Waals surface area (Å²) < 4.78 is 11.1. The van der Waals surface area contributed by atoms with Crippen molar-refractivity contribution in [2.24, 2.45) is 16.5 Å². The Morgan fingerprint density at radius 1 is 1.18 bits per heavy atom. The second-order valence-electron chi connectivity index (χ2n) is 4.39. The van der Waals surface area contributed by atoms with Gasteiger partial charge < -0.3 is 20.9 Å². The monoisotopic (exact) mass is 243 g/mol. The first kappa shape index (κ1) is 14.3. The third kappa shape index (κ3) is 7.99. The lowest BCUT2D eigenvalue weighted by Gasteiger charge is -2.22. The summed E-state index contributed by atoms with van der Waals surface area (Å²) >= 11 is 0. The fourth-order valence-electron chi connectivity index (χ4n) is 1.83. The molecule has 1 heterocycles. The number of rotatable bonds is 8. The number of hydrogen-bond acceptors (Lipinski definition) is 3. The van der Waals surface area contributed by atoms with Gasteiger partial charge in [0.05, 0.1) is 0 Å². The van der Waals surface area contributed by atoms with Gasteiger partial charge in [-0.2, -0.15) is 0 Å². The van der Waals surface area contributed by atoms with Crippen LogP contribution in [0, 0.1) is 0 Å². The molecule has 1 rings (SSSR count). The maximum absolute atomic E-state index is 5.64. The van der Waals surface area contributed by atoms with E-state index in [2.05, 4.69) is 4.99 Å². The minimum Gasteiger partial charge on any atom is -0.370 e. The first-order valence-corrected chi connectivity index (χ1v) is 6.57. The second-order valence-corrected chi connectivity index (χ2v) is 4.39. The topological polar surface area (TPSA) is 82.9 Å². The molecule has 1 saturated heterocycles. The molecule has 5 heteroatoms. The van der Waals surface area contributed by atoms with Gasteiger partial charge in [0, 0.05) is 19.8 Å². The highest BCUT2D eigenvalue weighted by Gasteiger charge is 2.12. The second kappa shape index (κ2) is 9.24. The summed E-state index contributed by atoms with van der Waals surface area (Å²) in [7, 11) is 0. The first-order chi connectivity index (χ1) is 8.29. The highest BCUT2D eigenvalue weighted by atomic mass is 16.7. The summed E-state index contributed by atoms with van der Waals surface area (Å²) in [6, 6.07) is 0. The predicted molar refractivity (Wildman–Crippen MR) is 68.7 cm³/mol. The summed E-state index contributed by atoms with van der Waals surface area (Å²) in [5.41, 5.74) is 10.5. The smallest absolute Gasteiger partial charge is 0.185 e. The maximum Gasteiger partial charge on any atom is 0.185 e. The van der Waals surface area contributed by atoms with Crippen LogP contribution in [0.25, 0.3) is 0 Å². The Labute approximate surface area is 104 Å². The van der Waals surface area contributed by atoms with E-state index in [0.717, 1.165) is 51.9 Å². The molecule has 0 aliphatic carbocycles. The quantitative estimate of drug-likeness (QED) is 0.383. The molecule has 4 N–H and O–H groups in total. The van der Waals surface area contributed by atoms with E-state index in [1.165, 1.54) is 12.8 Å². The molecule has 1 fully saturated rings. The molecule has 0 bridgehead atoms. The maximum atomic E-state index is 5.64. The van der Waals surface area contributed by atoms with Crippen molar-refractivity contribution in [3.8, 4) is 0 Å². The van der Waals surface area contributed by atoms with Crippen molar-refractivity contribution in [3.05, 3.63) is 0 Å². The van der Waals surface area contributed by atoms with Gasteiger partial charge in [0.1, 0.15) is 0 Å². The van der Waals surface area contributed by atoms with Crippen LogP contribution in [0.3, 0.4) is 0 Å². The van der Waals surface area contributed by atoms with E-state index in [9.17, 15) is 0 Å². The Kier molecular flexibility index (Phi) is 7.75. The van der Waals surface area contributed by atoms with Gasteiger partial charge in [0.25, 0.3) is 0 Å². The van der Waals surface area contributed by atoms with Crippen LogP contribution < -0.4 is 11.5 Å². The van der Waals surface area contributed by atoms with Crippen molar-refractivity contribution in [2.45, 2.75) is 51.2 Å². The lowest BCUT2D eigenvalue weighted by Crippen LogP contribution is -2.23. The van der Waals surface area contributed by atoms with E-state index in [0.29, 0.717) is 0 Å². The molecule has 1 unspecified atom stereocenters. The minimum absolute atomic E-state index is 0.0467. The van der Waals surface area contributed by atoms with E-state index in [4.69, 9.17) is 20.9 Å². The van der Waals surface area contributed by atoms with Crippen LogP contribution in [0.1, 0.15) is 44.9 Å². The number of guanidine groups is 1. The summed E-state index contributed by atoms with van der Waals surface area (Å²) in [5, 5.41) is 0. The molecule has 1 atom stereocenters. The summed E-state index contributed by atoms with van der Waals surface area (Å²) in [5.74, 6) is 0.183. The van der Waals surface area contributed by atoms with Crippen LogP contribution in [0.5, 0.6) is 0 Å². The Hall–Kier alpha value is -0.810. The van der Waals surface area contributed by atoms with Gasteiger partial charge in [-0.1, -0.05) is 12.8 Å². The number of nitrogens with zero attached hydrogens (tertiary/aromatic N) is 1. The van der Waals surface area contributed by atoms with Gasteiger partial charge >= 0.3 is 0 Å². The SMILES string of the molecule is NC(N)=NCCCCCCOC1CCCCO1. The molecule has 1 aliphatic heterocycles. The standard InChI is InChI=1S/C12H25N3O2/c13-12(14)15-8-4-1-2-5-9-16-11-7-3-6-10-17-11/h11H,1-10H2,(H4,13,14,15). The first-order valence-electron chi connectivity index (χ1n) is 6.57. The molecule has 1 aliphatic rings. The van der Waals surface area contributed by atoms with Gasteiger partial charge in [-0.15, -0.1) is 0 Å². The molecule has 0 spiro atoms. The molecule has 0 amide bonds. The third-order valence-corrected chi connectivity index (χ3v) is 2.79. The van der Waals surface area contributed by atoms with Crippen LogP contribution in [-0.4, -0.2) is 32.0 Å². The summed E-state index contributed by atoms with van der Waals surface area (Å²) in [6.45, 7) is 2.38. The molecule has 0 radical (unpaired) electrons. The Balaban J connectivity index is 1.82.